The lowest BCUT2D eigenvalue weighted by Crippen LogP contribution is -2.25. The second-order valence-electron chi connectivity index (χ2n) is 5.78. The number of hydrogen-bond donors (Lipinski definition) is 3. The minimum atomic E-state index is -0.403. The van der Waals surface area contributed by atoms with Crippen LogP contribution in [0.3, 0.4) is 0 Å². The molecule has 0 amide bonds. The maximum atomic E-state index is 9.92. The fourth-order valence-corrected chi connectivity index (χ4v) is 3.06. The monoisotopic (exact) mass is 336 g/mol. The Morgan fingerprint density at radius 3 is 2.67 bits per heavy atom. The lowest BCUT2D eigenvalue weighted by molar-refractivity contribution is -0.122. The molecule has 2 heterocycles. The van der Waals surface area contributed by atoms with Crippen molar-refractivity contribution in [3.8, 4) is 5.75 Å². The predicted octanol–water partition coefficient (Wildman–Crippen LogP) is 1.38. The highest BCUT2D eigenvalue weighted by atomic mass is 16.5. The summed E-state index contributed by atoms with van der Waals surface area (Å²) in [6, 6.07) is 6.06. The number of rotatable bonds is 4. The number of likely N-dealkylation sites (tertiary alicyclic amines) is 1. The maximum absolute atomic E-state index is 9.92. The van der Waals surface area contributed by atoms with E-state index in [0.717, 1.165) is 24.4 Å². The molecule has 1 aliphatic heterocycles. The van der Waals surface area contributed by atoms with Crippen molar-refractivity contribution in [1.82, 2.24) is 9.88 Å². The average Bonchev–Trinajstić information content (AvgIpc) is 3.08. The van der Waals surface area contributed by atoms with Crippen molar-refractivity contribution in [2.24, 2.45) is 0 Å². The van der Waals surface area contributed by atoms with E-state index in [1.807, 2.05) is 12.1 Å². The molecule has 1 aromatic heterocycles. The number of aromatic amines is 1. The summed E-state index contributed by atoms with van der Waals surface area (Å²) in [6.45, 7) is 4.07. The Hall–Kier alpha value is -2.09. The zero-order valence-corrected chi connectivity index (χ0v) is 14.2. The van der Waals surface area contributed by atoms with Crippen LogP contribution in [0.25, 0.3) is 10.9 Å². The van der Waals surface area contributed by atoms with Crippen LogP contribution in [-0.4, -0.2) is 66.1 Å². The van der Waals surface area contributed by atoms with Gasteiger partial charge < -0.3 is 24.7 Å². The van der Waals surface area contributed by atoms with Gasteiger partial charge in [0.25, 0.3) is 6.47 Å². The number of H-pyrrole nitrogens is 1. The number of benzene rings is 1. The molecule has 132 valence electrons. The van der Waals surface area contributed by atoms with E-state index >= 15 is 0 Å². The summed E-state index contributed by atoms with van der Waals surface area (Å²) >= 11 is 0. The van der Waals surface area contributed by atoms with Gasteiger partial charge in [-0.25, -0.2) is 0 Å². The van der Waals surface area contributed by atoms with Crippen molar-refractivity contribution in [1.29, 1.82) is 0 Å². The molecule has 1 aromatic carbocycles. The van der Waals surface area contributed by atoms with Gasteiger partial charge in [-0.1, -0.05) is 0 Å². The highest BCUT2D eigenvalue weighted by molar-refractivity contribution is 5.85. The number of hydrogen-bond acceptors (Lipinski definition) is 5. The van der Waals surface area contributed by atoms with Gasteiger partial charge in [0.2, 0.25) is 0 Å². The van der Waals surface area contributed by atoms with Gasteiger partial charge in [0.05, 0.1) is 19.3 Å². The van der Waals surface area contributed by atoms with Gasteiger partial charge in [-0.15, -0.1) is 0 Å². The molecular weight excluding hydrogens is 312 g/mol. The molecule has 24 heavy (non-hydrogen) atoms. The minimum Gasteiger partial charge on any atom is -0.497 e. The summed E-state index contributed by atoms with van der Waals surface area (Å²) in [5.74, 6) is 0.868. The molecule has 1 aliphatic rings. The topological polar surface area (TPSA) is 95.0 Å². The Labute approximate surface area is 140 Å². The Kier molecular flexibility index (Phi) is 6.19. The van der Waals surface area contributed by atoms with E-state index in [4.69, 9.17) is 19.4 Å². The predicted molar refractivity (Wildman–Crippen MR) is 90.4 cm³/mol. The van der Waals surface area contributed by atoms with Crippen molar-refractivity contribution in [2.75, 3.05) is 27.3 Å². The van der Waals surface area contributed by atoms with Crippen molar-refractivity contribution < 1.29 is 24.5 Å². The van der Waals surface area contributed by atoms with E-state index in [-0.39, 0.29) is 12.6 Å². The Bertz CT molecular complexity index is 685. The molecule has 2 atom stereocenters. The fraction of sp³-hybridized carbons (Fsp3) is 0.471. The molecular formula is C17H24N2O5. The zero-order valence-electron chi connectivity index (χ0n) is 14.2. The van der Waals surface area contributed by atoms with E-state index in [1.54, 1.807) is 14.2 Å². The van der Waals surface area contributed by atoms with Crippen LogP contribution in [0.1, 0.15) is 11.3 Å². The van der Waals surface area contributed by atoms with Crippen molar-refractivity contribution >= 4 is 17.4 Å². The molecule has 2 aromatic rings. The third-order valence-electron chi connectivity index (χ3n) is 4.37. The summed E-state index contributed by atoms with van der Waals surface area (Å²) in [6.07, 6.45) is -0.491. The molecule has 7 heteroatoms. The zero-order chi connectivity index (χ0) is 17.7. The highest BCUT2D eigenvalue weighted by Gasteiger charge is 2.31. The quantitative estimate of drug-likeness (QED) is 0.730. The summed E-state index contributed by atoms with van der Waals surface area (Å²) in [5.41, 5.74) is 3.53. The second kappa shape index (κ2) is 8.14. The number of carbonyl (C=O) groups is 1. The summed E-state index contributed by atoms with van der Waals surface area (Å²) in [7, 11) is 3.33. The molecule has 0 bridgehead atoms. The van der Waals surface area contributed by atoms with Gasteiger partial charge in [-0.3, -0.25) is 9.69 Å². The average molecular weight is 336 g/mol. The first-order valence-corrected chi connectivity index (χ1v) is 7.70. The number of aliphatic hydroxyl groups excluding tert-OH is 1. The molecule has 3 rings (SSSR count). The molecule has 0 unspecified atom stereocenters. The minimum absolute atomic E-state index is 0.0882. The number of nitrogens with one attached hydrogen (secondary N) is 1. The van der Waals surface area contributed by atoms with Gasteiger partial charge >= 0.3 is 0 Å². The van der Waals surface area contributed by atoms with Crippen LogP contribution in [-0.2, 0) is 16.1 Å². The molecule has 0 saturated carbocycles. The molecule has 0 radical (unpaired) electrons. The molecule has 1 saturated heterocycles. The van der Waals surface area contributed by atoms with Crippen molar-refractivity contribution in [3.63, 3.8) is 0 Å². The number of aliphatic hydroxyl groups is 1. The number of carboxylic acid groups (broad SMARTS) is 1. The number of fused-ring (bicyclic) bond motifs is 1. The first-order chi connectivity index (χ1) is 11.5. The Morgan fingerprint density at radius 2 is 2.08 bits per heavy atom. The van der Waals surface area contributed by atoms with Gasteiger partial charge in [-0.2, -0.15) is 0 Å². The fourth-order valence-electron chi connectivity index (χ4n) is 3.06. The maximum Gasteiger partial charge on any atom is 0.290 e. The second-order valence-corrected chi connectivity index (χ2v) is 5.78. The normalized spacial score (nSPS) is 20.7. The van der Waals surface area contributed by atoms with E-state index in [0.29, 0.717) is 6.54 Å². The number of aromatic nitrogens is 1. The third-order valence-corrected chi connectivity index (χ3v) is 4.37. The number of ether oxygens (including phenoxy) is 2. The summed E-state index contributed by atoms with van der Waals surface area (Å²) in [5, 5.41) is 18.0. The van der Waals surface area contributed by atoms with Crippen LogP contribution in [0.15, 0.2) is 18.2 Å². The smallest absolute Gasteiger partial charge is 0.290 e. The Balaban J connectivity index is 0.000000647. The van der Waals surface area contributed by atoms with Crippen LogP contribution in [0.5, 0.6) is 5.75 Å². The van der Waals surface area contributed by atoms with E-state index < -0.39 is 6.10 Å². The SMILES string of the molecule is COc1ccc2[nH]c(CN3C[C@H](OC)[C@@H](O)C3)c(C)c2c1.O=CO. The molecule has 0 aliphatic carbocycles. The third kappa shape index (κ3) is 3.87. The van der Waals surface area contributed by atoms with Crippen LogP contribution in [0.4, 0.5) is 0 Å². The highest BCUT2D eigenvalue weighted by Crippen LogP contribution is 2.27. The van der Waals surface area contributed by atoms with E-state index in [2.05, 4.69) is 22.9 Å². The largest absolute Gasteiger partial charge is 0.497 e. The number of methoxy groups -OCH3 is 2. The first kappa shape index (κ1) is 18.3. The van der Waals surface area contributed by atoms with Crippen molar-refractivity contribution in [2.45, 2.75) is 25.7 Å². The van der Waals surface area contributed by atoms with Crippen LogP contribution in [0, 0.1) is 6.92 Å². The van der Waals surface area contributed by atoms with Crippen molar-refractivity contribution in [3.05, 3.63) is 29.5 Å². The lowest BCUT2D eigenvalue weighted by atomic mass is 10.1. The van der Waals surface area contributed by atoms with Gasteiger partial charge in [0, 0.05) is 43.3 Å². The van der Waals surface area contributed by atoms with Crippen LogP contribution < -0.4 is 4.74 Å². The number of nitrogens with zero attached hydrogens (tertiary/aromatic N) is 1. The van der Waals surface area contributed by atoms with Gasteiger partial charge in [0.15, 0.2) is 0 Å². The van der Waals surface area contributed by atoms with E-state index in [9.17, 15) is 5.11 Å². The van der Waals surface area contributed by atoms with Crippen LogP contribution in [0.2, 0.25) is 0 Å². The molecule has 3 N–H and O–H groups in total. The molecule has 0 spiro atoms. The molecule has 1 fully saturated rings. The standard InChI is InChI=1S/C16H22N2O3.CH2O2/c1-10-12-6-11(20-2)4-5-13(12)17-14(10)7-18-8-15(19)16(9-18)21-3;2-1-3/h4-6,15-17,19H,7-9H2,1-3H3;1H,(H,2,3)/t15-,16-;/m0./s1. The number of aryl methyl sites for hydroxylation is 1. The lowest BCUT2D eigenvalue weighted by Gasteiger charge is -2.14. The van der Waals surface area contributed by atoms with Crippen LogP contribution >= 0.6 is 0 Å². The van der Waals surface area contributed by atoms with Gasteiger partial charge in [-0.05, 0) is 30.7 Å². The first-order valence-electron chi connectivity index (χ1n) is 7.70. The summed E-state index contributed by atoms with van der Waals surface area (Å²) < 4.78 is 10.6. The molecule has 7 nitrogen and oxygen atoms in total. The summed E-state index contributed by atoms with van der Waals surface area (Å²) in [4.78, 5) is 14.0. The number of β-amino-alcohol motifs (C(OH)–C–C–N with tert-alkyl or cyclic N) is 1. The van der Waals surface area contributed by atoms with E-state index in [1.165, 1.54) is 16.6 Å². The Morgan fingerprint density at radius 1 is 1.38 bits per heavy atom. The van der Waals surface area contributed by atoms with Gasteiger partial charge in [0.1, 0.15) is 5.75 Å².